The van der Waals surface area contributed by atoms with Crippen LogP contribution in [0.2, 0.25) is 5.02 Å². The highest BCUT2D eigenvalue weighted by Crippen LogP contribution is 2.33. The summed E-state index contributed by atoms with van der Waals surface area (Å²) in [5, 5.41) is 0.662. The highest BCUT2D eigenvalue weighted by Gasteiger charge is 2.24. The molecule has 3 nitrogen and oxygen atoms in total. The highest BCUT2D eigenvalue weighted by molar-refractivity contribution is 6.30. The number of nitrogens with two attached hydrogens (primary N) is 1. The van der Waals surface area contributed by atoms with Crippen LogP contribution in [0.3, 0.4) is 0 Å². The van der Waals surface area contributed by atoms with Gasteiger partial charge in [0, 0.05) is 17.8 Å². The number of aromatic nitrogens is 1. The number of hydrogen-bond acceptors (Lipinski definition) is 3. The van der Waals surface area contributed by atoms with Gasteiger partial charge in [-0.15, -0.1) is 0 Å². The predicted octanol–water partition coefficient (Wildman–Crippen LogP) is 2.08. The van der Waals surface area contributed by atoms with Crippen LogP contribution in [-0.4, -0.2) is 23.5 Å². The van der Waals surface area contributed by atoms with Crippen molar-refractivity contribution in [2.75, 3.05) is 19.3 Å². The molecule has 0 radical (unpaired) electrons. The standard InChI is InChI=1S/C10H14ClN3/c1-14-4-2-3-9(14)8-5-7(11)6-13-10(8)12/h5-6,9H,2-4H2,1H3,(H2,12,13)/t9-/m0/s1. The van der Waals surface area contributed by atoms with Gasteiger partial charge in [-0.1, -0.05) is 11.6 Å². The Morgan fingerprint density at radius 3 is 3.07 bits per heavy atom. The number of likely N-dealkylation sites (tertiary alicyclic amines) is 1. The predicted molar refractivity (Wildman–Crippen MR) is 58.3 cm³/mol. The molecule has 0 bridgehead atoms. The van der Waals surface area contributed by atoms with Crippen LogP contribution >= 0.6 is 11.6 Å². The number of rotatable bonds is 1. The SMILES string of the molecule is CN1CCC[C@H]1c1cc(Cl)cnc1N. The molecule has 2 rings (SSSR count). The molecule has 0 aromatic carbocycles. The van der Waals surface area contributed by atoms with Gasteiger partial charge >= 0.3 is 0 Å². The van der Waals surface area contributed by atoms with Crippen LogP contribution in [0.5, 0.6) is 0 Å². The van der Waals surface area contributed by atoms with Crippen molar-refractivity contribution < 1.29 is 0 Å². The van der Waals surface area contributed by atoms with Crippen molar-refractivity contribution in [2.24, 2.45) is 0 Å². The third kappa shape index (κ3) is 1.70. The lowest BCUT2D eigenvalue weighted by Gasteiger charge is -2.20. The van der Waals surface area contributed by atoms with Crippen molar-refractivity contribution in [3.05, 3.63) is 22.8 Å². The first-order valence-corrected chi connectivity index (χ1v) is 5.17. The quantitative estimate of drug-likeness (QED) is 0.774. The second kappa shape index (κ2) is 3.75. The molecule has 4 heteroatoms. The zero-order chi connectivity index (χ0) is 10.1. The lowest BCUT2D eigenvalue weighted by atomic mass is 10.1. The average molecular weight is 212 g/mol. The van der Waals surface area contributed by atoms with Gasteiger partial charge in [-0.3, -0.25) is 4.90 Å². The normalized spacial score (nSPS) is 22.9. The van der Waals surface area contributed by atoms with E-state index in [2.05, 4.69) is 16.9 Å². The van der Waals surface area contributed by atoms with Crippen LogP contribution in [-0.2, 0) is 0 Å². The lowest BCUT2D eigenvalue weighted by Crippen LogP contribution is -2.18. The minimum atomic E-state index is 0.390. The summed E-state index contributed by atoms with van der Waals surface area (Å²) in [7, 11) is 2.11. The van der Waals surface area contributed by atoms with Crippen LogP contribution in [0, 0.1) is 0 Å². The molecule has 2 N–H and O–H groups in total. The van der Waals surface area contributed by atoms with Gasteiger partial charge in [0.05, 0.1) is 5.02 Å². The summed E-state index contributed by atoms with van der Waals surface area (Å²) < 4.78 is 0. The van der Waals surface area contributed by atoms with Gasteiger partial charge in [-0.2, -0.15) is 0 Å². The summed E-state index contributed by atoms with van der Waals surface area (Å²) in [6, 6.07) is 2.32. The van der Waals surface area contributed by atoms with E-state index in [1.807, 2.05) is 6.07 Å². The summed E-state index contributed by atoms with van der Waals surface area (Å²) in [5.41, 5.74) is 6.90. The molecule has 0 aliphatic carbocycles. The summed E-state index contributed by atoms with van der Waals surface area (Å²) in [6.45, 7) is 1.12. The van der Waals surface area contributed by atoms with Gasteiger partial charge in [-0.05, 0) is 32.5 Å². The third-order valence-electron chi connectivity index (χ3n) is 2.80. The van der Waals surface area contributed by atoms with Crippen molar-refractivity contribution in [3.8, 4) is 0 Å². The second-order valence-electron chi connectivity index (χ2n) is 3.77. The first-order valence-electron chi connectivity index (χ1n) is 4.79. The van der Waals surface area contributed by atoms with Crippen molar-refractivity contribution in [1.82, 2.24) is 9.88 Å². The number of halogens is 1. The van der Waals surface area contributed by atoms with Crippen molar-refractivity contribution in [1.29, 1.82) is 0 Å². The van der Waals surface area contributed by atoms with E-state index in [1.54, 1.807) is 6.20 Å². The Labute approximate surface area is 88.9 Å². The minimum absolute atomic E-state index is 0.390. The highest BCUT2D eigenvalue weighted by atomic mass is 35.5. The maximum Gasteiger partial charge on any atom is 0.128 e. The molecule has 76 valence electrons. The summed E-state index contributed by atoms with van der Waals surface area (Å²) in [6.07, 6.45) is 3.95. The van der Waals surface area contributed by atoms with E-state index in [4.69, 9.17) is 17.3 Å². The Hall–Kier alpha value is -0.800. The number of nitrogens with zero attached hydrogens (tertiary/aromatic N) is 2. The fraction of sp³-hybridized carbons (Fsp3) is 0.500. The molecule has 1 saturated heterocycles. The van der Waals surface area contributed by atoms with E-state index in [1.165, 1.54) is 6.42 Å². The Morgan fingerprint density at radius 2 is 2.43 bits per heavy atom. The maximum absolute atomic E-state index is 5.91. The minimum Gasteiger partial charge on any atom is -0.383 e. The fourth-order valence-corrected chi connectivity index (χ4v) is 2.20. The monoisotopic (exact) mass is 211 g/mol. The Kier molecular flexibility index (Phi) is 2.61. The van der Waals surface area contributed by atoms with Gasteiger partial charge in [0.2, 0.25) is 0 Å². The second-order valence-corrected chi connectivity index (χ2v) is 4.20. The van der Waals surface area contributed by atoms with E-state index in [9.17, 15) is 0 Å². The van der Waals surface area contributed by atoms with Gasteiger partial charge in [0.1, 0.15) is 5.82 Å². The molecule has 2 heterocycles. The molecule has 14 heavy (non-hydrogen) atoms. The first-order chi connectivity index (χ1) is 6.68. The van der Waals surface area contributed by atoms with Gasteiger partial charge in [0.25, 0.3) is 0 Å². The lowest BCUT2D eigenvalue weighted by molar-refractivity contribution is 0.318. The van der Waals surface area contributed by atoms with E-state index in [0.717, 1.165) is 18.5 Å². The fourth-order valence-electron chi connectivity index (χ4n) is 2.04. The average Bonchev–Trinajstić information content (AvgIpc) is 2.56. The number of hydrogen-bond donors (Lipinski definition) is 1. The molecule has 1 aliphatic heterocycles. The number of pyridine rings is 1. The summed E-state index contributed by atoms with van der Waals surface area (Å²) >= 11 is 5.91. The molecule has 1 aliphatic rings. The molecule has 1 atom stereocenters. The van der Waals surface area contributed by atoms with Crippen LogP contribution in [0.4, 0.5) is 5.82 Å². The molecule has 0 saturated carbocycles. The molecule has 1 fully saturated rings. The van der Waals surface area contributed by atoms with Crippen LogP contribution in [0.1, 0.15) is 24.4 Å². The van der Waals surface area contributed by atoms with Crippen molar-refractivity contribution >= 4 is 17.4 Å². The zero-order valence-electron chi connectivity index (χ0n) is 8.20. The Balaban J connectivity index is 2.34. The van der Waals surface area contributed by atoms with Crippen molar-refractivity contribution in [2.45, 2.75) is 18.9 Å². The molecular formula is C10H14ClN3. The van der Waals surface area contributed by atoms with Crippen LogP contribution < -0.4 is 5.73 Å². The molecule has 0 amide bonds. The number of anilines is 1. The molecule has 0 spiro atoms. The van der Waals surface area contributed by atoms with Crippen LogP contribution in [0.25, 0.3) is 0 Å². The van der Waals surface area contributed by atoms with E-state index in [-0.39, 0.29) is 0 Å². The summed E-state index contributed by atoms with van der Waals surface area (Å²) in [4.78, 5) is 6.37. The van der Waals surface area contributed by atoms with Gasteiger partial charge in [0.15, 0.2) is 0 Å². The Bertz CT molecular complexity index is 340. The maximum atomic E-state index is 5.91. The molecular weight excluding hydrogens is 198 g/mol. The van der Waals surface area contributed by atoms with E-state index in [0.29, 0.717) is 16.9 Å². The topological polar surface area (TPSA) is 42.2 Å². The zero-order valence-corrected chi connectivity index (χ0v) is 8.96. The largest absolute Gasteiger partial charge is 0.383 e. The molecule has 1 aromatic heterocycles. The third-order valence-corrected chi connectivity index (χ3v) is 3.00. The Morgan fingerprint density at radius 1 is 1.64 bits per heavy atom. The van der Waals surface area contributed by atoms with Gasteiger partial charge < -0.3 is 5.73 Å². The van der Waals surface area contributed by atoms with E-state index >= 15 is 0 Å². The molecule has 1 aromatic rings. The van der Waals surface area contributed by atoms with Crippen LogP contribution in [0.15, 0.2) is 12.3 Å². The summed E-state index contributed by atoms with van der Waals surface area (Å²) in [5.74, 6) is 0.605. The smallest absolute Gasteiger partial charge is 0.128 e. The van der Waals surface area contributed by atoms with Gasteiger partial charge in [-0.25, -0.2) is 4.98 Å². The van der Waals surface area contributed by atoms with Crippen molar-refractivity contribution in [3.63, 3.8) is 0 Å². The van der Waals surface area contributed by atoms with E-state index < -0.39 is 0 Å². The molecule has 0 unspecified atom stereocenters. The first kappa shape index (κ1) is 9.74. The number of nitrogen functional groups attached to an aromatic ring is 1.